The number of fused-ring (bicyclic) bond motifs is 1. The lowest BCUT2D eigenvalue weighted by Gasteiger charge is -2.16. The van der Waals surface area contributed by atoms with E-state index in [9.17, 15) is 9.59 Å². The van der Waals surface area contributed by atoms with E-state index in [4.69, 9.17) is 23.2 Å². The van der Waals surface area contributed by atoms with Gasteiger partial charge in [0.05, 0.1) is 17.7 Å². The van der Waals surface area contributed by atoms with Crippen molar-refractivity contribution in [3.63, 3.8) is 0 Å². The number of benzene rings is 2. The number of hydrogen-bond donors (Lipinski definition) is 0. The molecule has 1 heterocycles. The second kappa shape index (κ2) is 5.59. The maximum absolute atomic E-state index is 12.5. The van der Waals surface area contributed by atoms with Crippen LogP contribution in [0.25, 0.3) is 0 Å². The first-order valence-electron chi connectivity index (χ1n) is 6.08. The molecular weight excluding hydrogens is 424 g/mol. The maximum Gasteiger partial charge on any atom is 0.262 e. The third kappa shape index (κ3) is 2.45. The number of halogens is 3. The molecule has 0 spiro atoms. The molecule has 2 amide bonds. The van der Waals surface area contributed by atoms with Crippen LogP contribution in [0, 0.1) is 3.57 Å². The third-order valence-corrected chi connectivity index (χ3v) is 4.93. The quantitative estimate of drug-likeness (QED) is 0.522. The Morgan fingerprint density at radius 2 is 1.57 bits per heavy atom. The Balaban J connectivity index is 2.01. The Kier molecular flexibility index (Phi) is 3.94. The topological polar surface area (TPSA) is 37.4 Å². The van der Waals surface area contributed by atoms with Gasteiger partial charge in [-0.1, -0.05) is 35.3 Å². The number of nitrogens with zero attached hydrogens (tertiary/aromatic N) is 1. The molecule has 2 aromatic carbocycles. The van der Waals surface area contributed by atoms with Gasteiger partial charge >= 0.3 is 0 Å². The van der Waals surface area contributed by atoms with Crippen molar-refractivity contribution in [2.24, 2.45) is 0 Å². The van der Waals surface area contributed by atoms with Gasteiger partial charge in [-0.25, -0.2) is 0 Å². The minimum absolute atomic E-state index is 0.0704. The Morgan fingerprint density at radius 3 is 2.19 bits per heavy atom. The lowest BCUT2D eigenvalue weighted by atomic mass is 10.1. The summed E-state index contributed by atoms with van der Waals surface area (Å²) in [5.41, 5.74) is 1.45. The summed E-state index contributed by atoms with van der Waals surface area (Å²) in [5, 5.41) is 0.877. The summed E-state index contributed by atoms with van der Waals surface area (Å²) in [7, 11) is 0. The van der Waals surface area contributed by atoms with Crippen LogP contribution in [0.1, 0.15) is 26.3 Å². The van der Waals surface area contributed by atoms with Crippen molar-refractivity contribution in [3.05, 3.63) is 66.7 Å². The van der Waals surface area contributed by atoms with Crippen LogP contribution in [0.5, 0.6) is 0 Å². The van der Waals surface area contributed by atoms with Gasteiger partial charge in [0, 0.05) is 19.2 Å². The average molecular weight is 432 g/mol. The second-order valence-electron chi connectivity index (χ2n) is 4.56. The molecule has 0 saturated carbocycles. The molecule has 21 heavy (non-hydrogen) atoms. The zero-order valence-electron chi connectivity index (χ0n) is 10.6. The Bertz CT molecular complexity index is 756. The van der Waals surface area contributed by atoms with Gasteiger partial charge in [0.15, 0.2) is 0 Å². The number of rotatable bonds is 2. The van der Waals surface area contributed by atoms with Crippen molar-refractivity contribution in [3.8, 4) is 0 Å². The van der Waals surface area contributed by atoms with Gasteiger partial charge in [-0.3, -0.25) is 14.5 Å². The molecule has 0 radical (unpaired) electrons. The van der Waals surface area contributed by atoms with E-state index in [2.05, 4.69) is 22.6 Å². The van der Waals surface area contributed by atoms with Crippen LogP contribution in [-0.2, 0) is 6.54 Å². The Hall–Kier alpha value is -1.11. The van der Waals surface area contributed by atoms with Gasteiger partial charge in [0.2, 0.25) is 0 Å². The molecule has 0 saturated heterocycles. The summed E-state index contributed by atoms with van der Waals surface area (Å²) < 4.78 is 0.760. The van der Waals surface area contributed by atoms with Crippen LogP contribution in [0.15, 0.2) is 36.4 Å². The summed E-state index contributed by atoms with van der Waals surface area (Å²) in [5.74, 6) is -0.625. The van der Waals surface area contributed by atoms with E-state index in [1.54, 1.807) is 36.4 Å². The predicted molar refractivity (Wildman–Crippen MR) is 89.8 cm³/mol. The molecule has 1 aliphatic rings. The highest BCUT2D eigenvalue weighted by Gasteiger charge is 2.37. The van der Waals surface area contributed by atoms with E-state index in [0.29, 0.717) is 26.7 Å². The lowest BCUT2D eigenvalue weighted by molar-refractivity contribution is 0.0642. The van der Waals surface area contributed by atoms with Crippen LogP contribution in [0.2, 0.25) is 10.0 Å². The molecule has 0 N–H and O–H groups in total. The van der Waals surface area contributed by atoms with Crippen LogP contribution < -0.4 is 0 Å². The number of amides is 2. The summed E-state index contributed by atoms with van der Waals surface area (Å²) in [6.45, 7) is 0.0704. The van der Waals surface area contributed by atoms with Gasteiger partial charge in [-0.2, -0.15) is 0 Å². The largest absolute Gasteiger partial charge is 0.270 e. The minimum Gasteiger partial charge on any atom is -0.270 e. The highest BCUT2D eigenvalue weighted by molar-refractivity contribution is 14.1. The molecule has 0 aliphatic carbocycles. The summed E-state index contributed by atoms with van der Waals surface area (Å²) >= 11 is 14.3. The van der Waals surface area contributed by atoms with E-state index in [-0.39, 0.29) is 18.4 Å². The number of hydrogen-bond acceptors (Lipinski definition) is 2. The zero-order valence-corrected chi connectivity index (χ0v) is 14.2. The number of carbonyl (C=O) groups excluding carboxylic acids is 2. The standard InChI is InChI=1S/C15H8Cl2INO2/c16-10-4-2-5-11(17)9(10)7-19-14(20)8-3-1-6-12(18)13(8)15(19)21/h1-6H,7H2. The summed E-state index contributed by atoms with van der Waals surface area (Å²) in [6.07, 6.45) is 0. The number of carbonyl (C=O) groups is 2. The van der Waals surface area contributed by atoms with Crippen molar-refractivity contribution in [1.82, 2.24) is 4.90 Å². The highest BCUT2D eigenvalue weighted by atomic mass is 127. The fraction of sp³-hybridized carbons (Fsp3) is 0.0667. The van der Waals surface area contributed by atoms with Crippen molar-refractivity contribution < 1.29 is 9.59 Å². The van der Waals surface area contributed by atoms with E-state index in [0.717, 1.165) is 3.57 Å². The summed E-state index contributed by atoms with van der Waals surface area (Å²) in [4.78, 5) is 26.1. The maximum atomic E-state index is 12.5. The molecule has 3 nitrogen and oxygen atoms in total. The molecule has 6 heteroatoms. The molecule has 0 atom stereocenters. The Labute approximate surface area is 145 Å². The molecule has 2 aromatic rings. The van der Waals surface area contributed by atoms with Crippen LogP contribution in [-0.4, -0.2) is 16.7 Å². The SMILES string of the molecule is O=C1c2cccc(I)c2C(=O)N1Cc1c(Cl)cccc1Cl. The normalized spacial score (nSPS) is 13.8. The van der Waals surface area contributed by atoms with E-state index in [1.807, 2.05) is 0 Å². The van der Waals surface area contributed by atoms with Crippen molar-refractivity contribution in [2.45, 2.75) is 6.54 Å². The molecule has 0 fully saturated rings. The predicted octanol–water partition coefficient (Wildman–Crippen LogP) is 4.39. The fourth-order valence-corrected chi connectivity index (χ4v) is 3.52. The van der Waals surface area contributed by atoms with Crippen molar-refractivity contribution >= 4 is 57.6 Å². The van der Waals surface area contributed by atoms with E-state index >= 15 is 0 Å². The summed E-state index contributed by atoms with van der Waals surface area (Å²) in [6, 6.07) is 10.3. The highest BCUT2D eigenvalue weighted by Crippen LogP contribution is 2.31. The van der Waals surface area contributed by atoms with Gasteiger partial charge in [-0.15, -0.1) is 0 Å². The molecule has 3 rings (SSSR count). The first kappa shape index (κ1) is 14.8. The number of imide groups is 1. The smallest absolute Gasteiger partial charge is 0.262 e. The third-order valence-electron chi connectivity index (χ3n) is 3.33. The van der Waals surface area contributed by atoms with E-state index < -0.39 is 0 Å². The Morgan fingerprint density at radius 1 is 0.952 bits per heavy atom. The second-order valence-corrected chi connectivity index (χ2v) is 6.54. The van der Waals surface area contributed by atoms with Gasteiger partial charge < -0.3 is 0 Å². The van der Waals surface area contributed by atoms with Crippen LogP contribution >= 0.6 is 45.8 Å². The molecule has 0 aromatic heterocycles. The van der Waals surface area contributed by atoms with Crippen molar-refractivity contribution in [2.75, 3.05) is 0 Å². The molecule has 106 valence electrons. The average Bonchev–Trinajstić information content (AvgIpc) is 2.68. The van der Waals surface area contributed by atoms with Crippen LogP contribution in [0.3, 0.4) is 0 Å². The molecule has 1 aliphatic heterocycles. The van der Waals surface area contributed by atoms with Crippen molar-refractivity contribution in [1.29, 1.82) is 0 Å². The van der Waals surface area contributed by atoms with Gasteiger partial charge in [-0.05, 0) is 46.9 Å². The van der Waals surface area contributed by atoms with E-state index in [1.165, 1.54) is 4.90 Å². The fourth-order valence-electron chi connectivity index (χ4n) is 2.28. The first-order chi connectivity index (χ1) is 10.0. The lowest BCUT2D eigenvalue weighted by Crippen LogP contribution is -2.29. The molecule has 0 unspecified atom stereocenters. The monoisotopic (exact) mass is 431 g/mol. The van der Waals surface area contributed by atoms with Gasteiger partial charge in [0.25, 0.3) is 11.8 Å². The minimum atomic E-state index is -0.315. The van der Waals surface area contributed by atoms with Gasteiger partial charge in [0.1, 0.15) is 0 Å². The zero-order chi connectivity index (χ0) is 15.1. The molecular formula is C15H8Cl2INO2. The first-order valence-corrected chi connectivity index (χ1v) is 7.91. The van der Waals surface area contributed by atoms with Crippen LogP contribution in [0.4, 0.5) is 0 Å². The molecule has 0 bridgehead atoms.